The van der Waals surface area contributed by atoms with Crippen molar-refractivity contribution >= 4 is 21.9 Å². The summed E-state index contributed by atoms with van der Waals surface area (Å²) in [6, 6.07) is 10.8. The molecule has 120 valence electrons. The second-order valence-corrected chi connectivity index (χ2v) is 5.57. The first-order valence-corrected chi connectivity index (χ1v) is 7.26. The molecule has 0 atom stereocenters. The van der Waals surface area contributed by atoms with Crippen LogP contribution in [0.3, 0.4) is 0 Å². The van der Waals surface area contributed by atoms with Crippen molar-refractivity contribution in [1.82, 2.24) is 0 Å². The fraction of sp³-hybridized carbons (Fsp3) is 0.0526. The van der Waals surface area contributed by atoms with Crippen molar-refractivity contribution in [3.8, 4) is 0 Å². The van der Waals surface area contributed by atoms with Crippen molar-refractivity contribution in [3.63, 3.8) is 0 Å². The van der Waals surface area contributed by atoms with Crippen LogP contribution in [0.5, 0.6) is 0 Å². The van der Waals surface area contributed by atoms with Gasteiger partial charge < -0.3 is 4.42 Å². The summed E-state index contributed by atoms with van der Waals surface area (Å²) in [5, 5.41) is 1.21. The molecular formula is C19H10F4O. The summed E-state index contributed by atoms with van der Waals surface area (Å²) in [7, 11) is 0. The number of halogens is 4. The highest BCUT2D eigenvalue weighted by atomic mass is 19.2. The maximum atomic E-state index is 13.8. The molecule has 0 spiro atoms. The molecule has 3 aromatic carbocycles. The van der Waals surface area contributed by atoms with Crippen LogP contribution in [0.2, 0.25) is 0 Å². The molecule has 0 saturated carbocycles. The Morgan fingerprint density at radius 1 is 0.708 bits per heavy atom. The number of rotatable bonds is 2. The van der Waals surface area contributed by atoms with E-state index in [4.69, 9.17) is 4.42 Å². The van der Waals surface area contributed by atoms with E-state index >= 15 is 0 Å². The summed E-state index contributed by atoms with van der Waals surface area (Å²) in [4.78, 5) is 0. The zero-order valence-corrected chi connectivity index (χ0v) is 12.2. The molecule has 0 radical (unpaired) electrons. The summed E-state index contributed by atoms with van der Waals surface area (Å²) in [5.41, 5.74) is 1.29. The zero-order valence-electron chi connectivity index (χ0n) is 12.2. The Hall–Kier alpha value is -2.82. The molecule has 0 fully saturated rings. The Balaban J connectivity index is 1.85. The minimum Gasteiger partial charge on any atom is -0.456 e. The third-order valence-electron chi connectivity index (χ3n) is 4.02. The van der Waals surface area contributed by atoms with Crippen molar-refractivity contribution in [1.29, 1.82) is 0 Å². The average Bonchev–Trinajstić information content (AvgIpc) is 2.92. The van der Waals surface area contributed by atoms with Crippen LogP contribution in [-0.2, 0) is 6.42 Å². The topological polar surface area (TPSA) is 13.1 Å². The SMILES string of the molecule is Fc1ccc2oc3ccc(Cc4c(F)ccc(F)c4F)cc3c2c1. The van der Waals surface area contributed by atoms with Gasteiger partial charge in [-0.05, 0) is 48.0 Å². The lowest BCUT2D eigenvalue weighted by atomic mass is 10.0. The van der Waals surface area contributed by atoms with Gasteiger partial charge in [0.1, 0.15) is 22.8 Å². The van der Waals surface area contributed by atoms with Gasteiger partial charge in [-0.2, -0.15) is 0 Å². The second-order valence-electron chi connectivity index (χ2n) is 5.57. The Morgan fingerprint density at radius 2 is 1.38 bits per heavy atom. The summed E-state index contributed by atoms with van der Waals surface area (Å²) >= 11 is 0. The van der Waals surface area contributed by atoms with Crippen molar-refractivity contribution < 1.29 is 22.0 Å². The lowest BCUT2D eigenvalue weighted by Gasteiger charge is -2.06. The Labute approximate surface area is 134 Å². The predicted molar refractivity (Wildman–Crippen MR) is 82.8 cm³/mol. The van der Waals surface area contributed by atoms with Crippen LogP contribution in [0, 0.1) is 23.3 Å². The Morgan fingerprint density at radius 3 is 2.17 bits per heavy atom. The fourth-order valence-corrected chi connectivity index (χ4v) is 2.84. The molecule has 0 saturated heterocycles. The summed E-state index contributed by atoms with van der Waals surface area (Å²) in [6.45, 7) is 0. The summed E-state index contributed by atoms with van der Waals surface area (Å²) in [6.07, 6.45) is -0.118. The third kappa shape index (κ3) is 2.33. The largest absolute Gasteiger partial charge is 0.456 e. The molecular weight excluding hydrogens is 320 g/mol. The first-order valence-electron chi connectivity index (χ1n) is 7.26. The second kappa shape index (κ2) is 5.37. The Bertz CT molecular complexity index is 1080. The van der Waals surface area contributed by atoms with Gasteiger partial charge in [0.2, 0.25) is 0 Å². The van der Waals surface area contributed by atoms with E-state index < -0.39 is 23.3 Å². The summed E-state index contributed by atoms with van der Waals surface area (Å²) in [5.74, 6) is -3.50. The van der Waals surface area contributed by atoms with Gasteiger partial charge in [0, 0.05) is 22.8 Å². The number of hydrogen-bond donors (Lipinski definition) is 0. The lowest BCUT2D eigenvalue weighted by molar-refractivity contribution is 0.482. The molecule has 1 heterocycles. The van der Waals surface area contributed by atoms with Gasteiger partial charge in [-0.1, -0.05) is 6.07 Å². The van der Waals surface area contributed by atoms with E-state index in [0.29, 0.717) is 27.5 Å². The lowest BCUT2D eigenvalue weighted by Crippen LogP contribution is -2.00. The van der Waals surface area contributed by atoms with E-state index in [1.54, 1.807) is 18.2 Å². The van der Waals surface area contributed by atoms with Gasteiger partial charge in [0.05, 0.1) is 0 Å². The van der Waals surface area contributed by atoms with Gasteiger partial charge in [0.25, 0.3) is 0 Å². The van der Waals surface area contributed by atoms with Crippen molar-refractivity contribution in [3.05, 3.63) is 82.9 Å². The van der Waals surface area contributed by atoms with Crippen molar-refractivity contribution in [2.45, 2.75) is 6.42 Å². The number of benzene rings is 3. The quantitative estimate of drug-likeness (QED) is 0.338. The van der Waals surface area contributed by atoms with Crippen LogP contribution in [0.15, 0.2) is 52.9 Å². The van der Waals surface area contributed by atoms with Gasteiger partial charge in [-0.3, -0.25) is 0 Å². The van der Waals surface area contributed by atoms with Crippen LogP contribution in [-0.4, -0.2) is 0 Å². The molecule has 1 nitrogen and oxygen atoms in total. The van der Waals surface area contributed by atoms with Crippen molar-refractivity contribution in [2.75, 3.05) is 0 Å². The minimum atomic E-state index is -1.20. The van der Waals surface area contributed by atoms with E-state index in [9.17, 15) is 17.6 Å². The molecule has 24 heavy (non-hydrogen) atoms. The highest BCUT2D eigenvalue weighted by molar-refractivity contribution is 6.05. The molecule has 5 heteroatoms. The average molecular weight is 330 g/mol. The highest BCUT2D eigenvalue weighted by Crippen LogP contribution is 2.31. The van der Waals surface area contributed by atoms with E-state index in [2.05, 4.69) is 0 Å². The normalized spacial score (nSPS) is 11.5. The first-order chi connectivity index (χ1) is 11.5. The Kier molecular flexibility index (Phi) is 3.30. The smallest absolute Gasteiger partial charge is 0.165 e. The third-order valence-corrected chi connectivity index (χ3v) is 4.02. The molecule has 0 aliphatic rings. The van der Waals surface area contributed by atoms with Crippen molar-refractivity contribution in [2.24, 2.45) is 0 Å². The number of hydrogen-bond acceptors (Lipinski definition) is 1. The van der Waals surface area contributed by atoms with Gasteiger partial charge in [0.15, 0.2) is 11.6 Å². The minimum absolute atomic E-state index is 0.118. The molecule has 0 unspecified atom stereocenters. The fourth-order valence-electron chi connectivity index (χ4n) is 2.84. The number of furan rings is 1. The molecule has 0 N–H and O–H groups in total. The monoisotopic (exact) mass is 330 g/mol. The maximum absolute atomic E-state index is 13.8. The zero-order chi connectivity index (χ0) is 16.8. The first kappa shape index (κ1) is 14.8. The van der Waals surface area contributed by atoms with Crippen LogP contribution < -0.4 is 0 Å². The number of fused-ring (bicyclic) bond motifs is 3. The van der Waals surface area contributed by atoms with Crippen LogP contribution >= 0.6 is 0 Å². The van der Waals surface area contributed by atoms with Gasteiger partial charge >= 0.3 is 0 Å². The molecule has 0 aliphatic carbocycles. The summed E-state index contributed by atoms with van der Waals surface area (Å²) < 4.78 is 60.0. The van der Waals surface area contributed by atoms with Crippen LogP contribution in [0.1, 0.15) is 11.1 Å². The van der Waals surface area contributed by atoms with E-state index in [1.807, 2.05) is 0 Å². The highest BCUT2D eigenvalue weighted by Gasteiger charge is 2.15. The van der Waals surface area contributed by atoms with Gasteiger partial charge in [-0.15, -0.1) is 0 Å². The van der Waals surface area contributed by atoms with E-state index in [1.165, 1.54) is 18.2 Å². The molecule has 0 aliphatic heterocycles. The molecule has 4 rings (SSSR count). The molecule has 0 amide bonds. The molecule has 1 aromatic heterocycles. The predicted octanol–water partition coefficient (Wildman–Crippen LogP) is 5.73. The van der Waals surface area contributed by atoms with E-state index in [-0.39, 0.29) is 12.0 Å². The maximum Gasteiger partial charge on any atom is 0.165 e. The standard InChI is InChI=1S/C19H10F4O/c20-11-2-6-18-13(9-11)12-7-10(1-5-17(12)24-18)8-14-15(21)3-4-16(22)19(14)23/h1-7,9H,8H2. The van der Waals surface area contributed by atoms with E-state index in [0.717, 1.165) is 12.1 Å². The molecule has 4 aromatic rings. The van der Waals surface area contributed by atoms with Crippen LogP contribution in [0.25, 0.3) is 21.9 Å². The molecule has 0 bridgehead atoms. The van der Waals surface area contributed by atoms with Gasteiger partial charge in [-0.25, -0.2) is 17.6 Å². The van der Waals surface area contributed by atoms with Crippen LogP contribution in [0.4, 0.5) is 17.6 Å².